The van der Waals surface area contributed by atoms with Crippen LogP contribution >= 0.6 is 33.3 Å². The number of hydrogen-bond acceptors (Lipinski definition) is 5. The fourth-order valence-electron chi connectivity index (χ4n) is 2.24. The van der Waals surface area contributed by atoms with Gasteiger partial charge in [0.15, 0.2) is 0 Å². The standard InChI is InChI=1S/C18H18N2O2S3/c21-17(13-7-3-1-4-8-13)19-11-15-23-16(25-24-15)12-20-18(22)14-9-5-2-6-10-14/h1-10,15-16H,11-12H2,(H,19,21)(H,20,22)/t15-,16+. The molecule has 1 saturated heterocycles. The van der Waals surface area contributed by atoms with Gasteiger partial charge in [-0.05, 0) is 24.3 Å². The molecule has 2 atom stereocenters. The molecule has 2 amide bonds. The topological polar surface area (TPSA) is 58.2 Å². The Morgan fingerprint density at radius 1 is 0.720 bits per heavy atom. The molecule has 1 aliphatic rings. The predicted octanol–water partition coefficient (Wildman–Crippen LogP) is 3.63. The lowest BCUT2D eigenvalue weighted by Gasteiger charge is -2.11. The molecule has 0 bridgehead atoms. The van der Waals surface area contributed by atoms with E-state index in [0.29, 0.717) is 24.2 Å². The van der Waals surface area contributed by atoms with Gasteiger partial charge in [-0.1, -0.05) is 58.0 Å². The molecule has 2 N–H and O–H groups in total. The first-order valence-corrected chi connectivity index (χ1v) is 11.1. The Hall–Kier alpha value is -1.57. The van der Waals surface area contributed by atoms with Crippen LogP contribution in [-0.2, 0) is 0 Å². The number of carbonyl (C=O) groups is 2. The van der Waals surface area contributed by atoms with Crippen LogP contribution in [0.3, 0.4) is 0 Å². The van der Waals surface area contributed by atoms with E-state index in [1.54, 1.807) is 57.6 Å². The van der Waals surface area contributed by atoms with Crippen molar-refractivity contribution < 1.29 is 9.59 Å². The maximum atomic E-state index is 12.1. The van der Waals surface area contributed by atoms with Crippen LogP contribution < -0.4 is 10.6 Å². The van der Waals surface area contributed by atoms with Gasteiger partial charge in [0, 0.05) is 24.2 Å². The Morgan fingerprint density at radius 3 is 1.52 bits per heavy atom. The van der Waals surface area contributed by atoms with Gasteiger partial charge < -0.3 is 10.6 Å². The van der Waals surface area contributed by atoms with E-state index in [0.717, 1.165) is 0 Å². The Balaban J connectivity index is 1.39. The molecule has 0 aliphatic carbocycles. The van der Waals surface area contributed by atoms with Gasteiger partial charge >= 0.3 is 0 Å². The van der Waals surface area contributed by atoms with E-state index in [1.807, 2.05) is 36.4 Å². The smallest absolute Gasteiger partial charge is 0.251 e. The quantitative estimate of drug-likeness (QED) is 0.738. The largest absolute Gasteiger partial charge is 0.350 e. The first-order valence-electron chi connectivity index (χ1n) is 7.86. The van der Waals surface area contributed by atoms with E-state index >= 15 is 0 Å². The van der Waals surface area contributed by atoms with Crippen molar-refractivity contribution in [3.05, 3.63) is 71.8 Å². The SMILES string of the molecule is O=C(NC[C@@H]1SS[C@H](CNC(=O)c2ccccc2)S1)c1ccccc1. The zero-order valence-corrected chi connectivity index (χ0v) is 15.8. The minimum atomic E-state index is -0.0485. The van der Waals surface area contributed by atoms with Gasteiger partial charge in [-0.15, -0.1) is 11.8 Å². The summed E-state index contributed by atoms with van der Waals surface area (Å²) in [4.78, 5) is 24.1. The summed E-state index contributed by atoms with van der Waals surface area (Å²) in [5.41, 5.74) is 1.35. The van der Waals surface area contributed by atoms with E-state index in [1.165, 1.54) is 0 Å². The summed E-state index contributed by atoms with van der Waals surface area (Å²) in [5.74, 6) is -0.0970. The lowest BCUT2D eigenvalue weighted by atomic mass is 10.2. The third-order valence-corrected chi connectivity index (χ3v) is 9.02. The first-order chi connectivity index (χ1) is 12.2. The number of benzene rings is 2. The van der Waals surface area contributed by atoms with E-state index in [-0.39, 0.29) is 21.0 Å². The highest BCUT2D eigenvalue weighted by Gasteiger charge is 2.27. The van der Waals surface area contributed by atoms with Crippen molar-refractivity contribution in [2.24, 2.45) is 0 Å². The Kier molecular flexibility index (Phi) is 6.72. The highest BCUT2D eigenvalue weighted by molar-refractivity contribution is 8.82. The van der Waals surface area contributed by atoms with Crippen LogP contribution in [0.2, 0.25) is 0 Å². The second kappa shape index (κ2) is 9.22. The molecule has 1 aliphatic heterocycles. The number of rotatable bonds is 6. The van der Waals surface area contributed by atoms with Crippen molar-refractivity contribution in [2.75, 3.05) is 13.1 Å². The maximum Gasteiger partial charge on any atom is 0.251 e. The summed E-state index contributed by atoms with van der Waals surface area (Å²) < 4.78 is 0.576. The lowest BCUT2D eigenvalue weighted by molar-refractivity contribution is 0.0948. The van der Waals surface area contributed by atoms with Crippen molar-refractivity contribution in [3.63, 3.8) is 0 Å². The third-order valence-electron chi connectivity index (χ3n) is 3.50. The minimum absolute atomic E-state index is 0.0485. The van der Waals surface area contributed by atoms with Crippen molar-refractivity contribution in [1.29, 1.82) is 0 Å². The Bertz CT molecular complexity index is 651. The van der Waals surface area contributed by atoms with Gasteiger partial charge in [-0.2, -0.15) is 0 Å². The van der Waals surface area contributed by atoms with Gasteiger partial charge in [-0.25, -0.2) is 0 Å². The molecule has 0 radical (unpaired) electrons. The third kappa shape index (κ3) is 5.45. The number of amides is 2. The highest BCUT2D eigenvalue weighted by atomic mass is 33.1. The summed E-state index contributed by atoms with van der Waals surface area (Å²) in [6.45, 7) is 1.22. The molecule has 2 aromatic rings. The molecule has 0 spiro atoms. The summed E-state index contributed by atoms with van der Waals surface area (Å²) in [6.07, 6.45) is 0. The van der Waals surface area contributed by atoms with Crippen LogP contribution in [0.25, 0.3) is 0 Å². The summed E-state index contributed by atoms with van der Waals surface area (Å²) in [6, 6.07) is 18.4. The zero-order valence-electron chi connectivity index (χ0n) is 13.4. The normalized spacial score (nSPS) is 19.4. The van der Waals surface area contributed by atoms with E-state index in [9.17, 15) is 9.59 Å². The number of nitrogens with one attached hydrogen (secondary N) is 2. The van der Waals surface area contributed by atoms with Crippen LogP contribution in [0.5, 0.6) is 0 Å². The van der Waals surface area contributed by atoms with Gasteiger partial charge in [0.1, 0.15) is 0 Å². The van der Waals surface area contributed by atoms with E-state index in [2.05, 4.69) is 10.6 Å². The summed E-state index contributed by atoms with van der Waals surface area (Å²) in [5, 5.41) is 5.94. The van der Waals surface area contributed by atoms with Crippen molar-refractivity contribution in [1.82, 2.24) is 10.6 Å². The molecule has 0 unspecified atom stereocenters. The van der Waals surface area contributed by atoms with E-state index < -0.39 is 0 Å². The molecule has 0 aromatic heterocycles. The minimum Gasteiger partial charge on any atom is -0.350 e. The van der Waals surface area contributed by atoms with Crippen LogP contribution in [0.1, 0.15) is 20.7 Å². The van der Waals surface area contributed by atoms with Crippen LogP contribution in [0, 0.1) is 0 Å². The molecular weight excluding hydrogens is 372 g/mol. The lowest BCUT2D eigenvalue weighted by Crippen LogP contribution is -2.30. The molecule has 7 heteroatoms. The molecule has 1 fully saturated rings. The number of thioether (sulfide) groups is 1. The predicted molar refractivity (Wildman–Crippen MR) is 108 cm³/mol. The average molecular weight is 391 g/mol. The van der Waals surface area contributed by atoms with Crippen molar-refractivity contribution >= 4 is 45.2 Å². The molecule has 3 rings (SSSR count). The zero-order chi connectivity index (χ0) is 17.5. The molecule has 0 saturated carbocycles. The second-order valence-electron chi connectivity index (χ2n) is 5.34. The monoisotopic (exact) mass is 390 g/mol. The highest BCUT2D eigenvalue weighted by Crippen LogP contribution is 2.50. The van der Waals surface area contributed by atoms with Gasteiger partial charge in [0.25, 0.3) is 11.8 Å². The summed E-state index contributed by atoms with van der Waals surface area (Å²) in [7, 11) is 3.50. The molecule has 25 heavy (non-hydrogen) atoms. The maximum absolute atomic E-state index is 12.1. The molecule has 2 aromatic carbocycles. The fraction of sp³-hybridized carbons (Fsp3) is 0.222. The summed E-state index contributed by atoms with van der Waals surface area (Å²) >= 11 is 1.78. The van der Waals surface area contributed by atoms with Crippen LogP contribution in [0.4, 0.5) is 0 Å². The average Bonchev–Trinajstić information content (AvgIpc) is 3.13. The Morgan fingerprint density at radius 2 is 1.12 bits per heavy atom. The molecular formula is C18H18N2O2S3. The number of hydrogen-bond donors (Lipinski definition) is 2. The van der Waals surface area contributed by atoms with Gasteiger partial charge in [-0.3, -0.25) is 9.59 Å². The van der Waals surface area contributed by atoms with Crippen molar-refractivity contribution in [3.8, 4) is 0 Å². The molecule has 1 heterocycles. The number of carbonyl (C=O) groups excluding carboxylic acids is 2. The van der Waals surface area contributed by atoms with Gasteiger partial charge in [0.2, 0.25) is 0 Å². The fourth-order valence-corrected chi connectivity index (χ4v) is 7.65. The second-order valence-corrected chi connectivity index (χ2v) is 10.0. The van der Waals surface area contributed by atoms with Crippen molar-refractivity contribution in [2.45, 2.75) is 9.16 Å². The first kappa shape index (κ1) is 18.2. The van der Waals surface area contributed by atoms with E-state index in [4.69, 9.17) is 0 Å². The van der Waals surface area contributed by atoms with Gasteiger partial charge in [0.05, 0.1) is 9.16 Å². The molecule has 130 valence electrons. The Labute approximate surface area is 159 Å². The van der Waals surface area contributed by atoms with Crippen LogP contribution in [0.15, 0.2) is 60.7 Å². The van der Waals surface area contributed by atoms with Crippen LogP contribution in [-0.4, -0.2) is 34.1 Å². The molecule has 4 nitrogen and oxygen atoms in total.